The third-order valence-electron chi connectivity index (χ3n) is 4.80. The van der Waals surface area contributed by atoms with Crippen LogP contribution in [-0.4, -0.2) is 17.1 Å². The largest absolute Gasteiger partial charge is 0.463 e. The molecule has 1 aliphatic rings. The highest BCUT2D eigenvalue weighted by Crippen LogP contribution is 2.30. The van der Waals surface area contributed by atoms with Crippen LogP contribution < -0.4 is 14.9 Å². The van der Waals surface area contributed by atoms with Crippen molar-refractivity contribution >= 4 is 35.0 Å². The van der Waals surface area contributed by atoms with E-state index in [1.165, 1.54) is 11.3 Å². The van der Waals surface area contributed by atoms with Gasteiger partial charge < -0.3 is 4.74 Å². The van der Waals surface area contributed by atoms with Gasteiger partial charge in [-0.3, -0.25) is 9.36 Å². The van der Waals surface area contributed by atoms with Gasteiger partial charge in [0.05, 0.1) is 28.5 Å². The lowest BCUT2D eigenvalue weighted by atomic mass is 9.96. The molecule has 3 aromatic rings. The molecule has 1 aromatic heterocycles. The van der Waals surface area contributed by atoms with Crippen molar-refractivity contribution in [1.82, 2.24) is 4.57 Å². The van der Waals surface area contributed by atoms with Crippen LogP contribution in [0.4, 0.5) is 0 Å². The smallest absolute Gasteiger partial charge is 0.338 e. The molecule has 5 nitrogen and oxygen atoms in total. The highest BCUT2D eigenvalue weighted by Gasteiger charge is 2.33. The molecule has 7 heteroatoms. The lowest BCUT2D eigenvalue weighted by Crippen LogP contribution is -2.39. The topological polar surface area (TPSA) is 60.7 Å². The average molecular weight is 439 g/mol. The van der Waals surface area contributed by atoms with E-state index in [4.69, 9.17) is 16.3 Å². The molecule has 0 radical (unpaired) electrons. The molecule has 0 saturated heterocycles. The number of nitrogens with zero attached hydrogens (tertiary/aromatic N) is 2. The molecule has 1 atom stereocenters. The molecule has 2 aromatic carbocycles. The summed E-state index contributed by atoms with van der Waals surface area (Å²) in [5.74, 6) is -0.459. The van der Waals surface area contributed by atoms with Gasteiger partial charge in [0.1, 0.15) is 0 Å². The summed E-state index contributed by atoms with van der Waals surface area (Å²) in [5, 5.41) is 0.632. The number of ether oxygens (including phenoxy) is 1. The van der Waals surface area contributed by atoms with Crippen LogP contribution in [0, 0.1) is 0 Å². The molecule has 30 heavy (non-hydrogen) atoms. The van der Waals surface area contributed by atoms with E-state index in [-0.39, 0.29) is 12.2 Å². The minimum Gasteiger partial charge on any atom is -0.463 e. The van der Waals surface area contributed by atoms with Crippen LogP contribution in [0.2, 0.25) is 5.02 Å². The minimum absolute atomic E-state index is 0.197. The van der Waals surface area contributed by atoms with Crippen molar-refractivity contribution in [3.63, 3.8) is 0 Å². The Morgan fingerprint density at radius 3 is 2.57 bits per heavy atom. The Morgan fingerprint density at radius 2 is 1.90 bits per heavy atom. The van der Waals surface area contributed by atoms with E-state index < -0.39 is 12.0 Å². The van der Waals surface area contributed by atoms with Crippen molar-refractivity contribution in [2.75, 3.05) is 6.61 Å². The second-order valence-corrected chi connectivity index (χ2v) is 8.21. The van der Waals surface area contributed by atoms with Crippen LogP contribution in [0.1, 0.15) is 31.0 Å². The van der Waals surface area contributed by atoms with E-state index in [0.717, 1.165) is 11.1 Å². The zero-order valence-electron chi connectivity index (χ0n) is 16.5. The number of aromatic nitrogens is 1. The van der Waals surface area contributed by atoms with Gasteiger partial charge in [-0.1, -0.05) is 65.4 Å². The van der Waals surface area contributed by atoms with Gasteiger partial charge in [-0.05, 0) is 43.2 Å². The van der Waals surface area contributed by atoms with Gasteiger partial charge in [-0.15, -0.1) is 0 Å². The minimum atomic E-state index is -0.589. The number of allylic oxidation sites excluding steroid dienone is 1. The molecular formula is C23H19ClN2O3S. The zero-order valence-corrected chi connectivity index (χ0v) is 18.0. The Balaban J connectivity index is 1.94. The first-order valence-corrected chi connectivity index (χ1v) is 10.7. The summed E-state index contributed by atoms with van der Waals surface area (Å²) >= 11 is 7.26. The van der Waals surface area contributed by atoms with E-state index in [1.54, 1.807) is 30.5 Å². The third kappa shape index (κ3) is 3.76. The van der Waals surface area contributed by atoms with Crippen molar-refractivity contribution in [3.8, 4) is 0 Å². The first kappa shape index (κ1) is 20.3. The lowest BCUT2D eigenvalue weighted by Gasteiger charge is -2.24. The number of hydrogen-bond acceptors (Lipinski definition) is 5. The van der Waals surface area contributed by atoms with Gasteiger partial charge in [0.15, 0.2) is 4.80 Å². The van der Waals surface area contributed by atoms with Gasteiger partial charge >= 0.3 is 5.97 Å². The average Bonchev–Trinajstić information content (AvgIpc) is 3.04. The molecule has 0 saturated carbocycles. The van der Waals surface area contributed by atoms with Crippen LogP contribution in [-0.2, 0) is 9.53 Å². The number of rotatable bonds is 4. The zero-order chi connectivity index (χ0) is 21.3. The van der Waals surface area contributed by atoms with E-state index in [0.29, 0.717) is 25.6 Å². The number of esters is 1. The predicted molar refractivity (Wildman–Crippen MR) is 118 cm³/mol. The molecule has 0 aliphatic carbocycles. The monoisotopic (exact) mass is 438 g/mol. The number of fused-ring (bicyclic) bond motifs is 1. The molecule has 2 heterocycles. The van der Waals surface area contributed by atoms with Gasteiger partial charge in [0.25, 0.3) is 5.56 Å². The second-order valence-electron chi connectivity index (χ2n) is 6.76. The number of carbonyl (C=O) groups excluding carboxylic acids is 1. The maximum absolute atomic E-state index is 13.4. The van der Waals surface area contributed by atoms with Crippen molar-refractivity contribution in [1.29, 1.82) is 0 Å². The Hall–Kier alpha value is -2.96. The second kappa shape index (κ2) is 8.42. The molecule has 0 spiro atoms. The molecule has 152 valence electrons. The number of hydrogen-bond donors (Lipinski definition) is 0. The highest BCUT2D eigenvalue weighted by atomic mass is 35.5. The summed E-state index contributed by atoms with van der Waals surface area (Å²) in [4.78, 5) is 31.3. The number of halogens is 1. The fraction of sp³-hybridized carbons (Fsp3) is 0.174. The molecule has 0 N–H and O–H groups in total. The molecule has 0 bridgehead atoms. The maximum atomic E-state index is 13.4. The Morgan fingerprint density at radius 1 is 1.20 bits per heavy atom. The van der Waals surface area contributed by atoms with Crippen molar-refractivity contribution in [3.05, 3.63) is 102 Å². The summed E-state index contributed by atoms with van der Waals surface area (Å²) in [6.45, 7) is 3.78. The van der Waals surface area contributed by atoms with E-state index in [1.807, 2.05) is 48.5 Å². The Kier molecular flexibility index (Phi) is 5.70. The Bertz CT molecular complexity index is 1310. The first-order valence-electron chi connectivity index (χ1n) is 9.49. The summed E-state index contributed by atoms with van der Waals surface area (Å²) in [6, 6.07) is 16.1. The van der Waals surface area contributed by atoms with E-state index in [2.05, 4.69) is 4.99 Å². The number of benzene rings is 2. The summed E-state index contributed by atoms with van der Waals surface area (Å²) in [5.41, 5.74) is 2.43. The fourth-order valence-corrected chi connectivity index (χ4v) is 4.63. The first-order chi connectivity index (χ1) is 14.5. The molecular weight excluding hydrogens is 420 g/mol. The number of thiazole rings is 1. The quantitative estimate of drug-likeness (QED) is 0.586. The van der Waals surface area contributed by atoms with Crippen LogP contribution in [0.5, 0.6) is 0 Å². The van der Waals surface area contributed by atoms with E-state index in [9.17, 15) is 9.59 Å². The van der Waals surface area contributed by atoms with Gasteiger partial charge in [-0.25, -0.2) is 9.79 Å². The molecule has 4 rings (SSSR count). The summed E-state index contributed by atoms with van der Waals surface area (Å²) in [6.07, 6.45) is 1.81. The van der Waals surface area contributed by atoms with Crippen LogP contribution in [0.15, 0.2) is 75.7 Å². The molecule has 1 unspecified atom stereocenters. The maximum Gasteiger partial charge on any atom is 0.338 e. The van der Waals surface area contributed by atoms with Crippen molar-refractivity contribution in [2.24, 2.45) is 4.99 Å². The van der Waals surface area contributed by atoms with Crippen LogP contribution >= 0.6 is 22.9 Å². The Labute approximate surface area is 182 Å². The summed E-state index contributed by atoms with van der Waals surface area (Å²) < 4.78 is 7.40. The normalized spacial score (nSPS) is 16.2. The van der Waals surface area contributed by atoms with Gasteiger partial charge in [0, 0.05) is 5.02 Å². The van der Waals surface area contributed by atoms with Crippen LogP contribution in [0.3, 0.4) is 0 Å². The van der Waals surface area contributed by atoms with Crippen LogP contribution in [0.25, 0.3) is 6.08 Å². The highest BCUT2D eigenvalue weighted by molar-refractivity contribution is 7.07. The van der Waals surface area contributed by atoms with E-state index >= 15 is 0 Å². The third-order valence-corrected chi connectivity index (χ3v) is 6.04. The lowest BCUT2D eigenvalue weighted by molar-refractivity contribution is -0.139. The SMILES string of the molecule is CCOC(=O)C1=C(C)N=c2sc(=Cc3ccc(Cl)cc3)c(=O)n2C1c1ccccc1. The summed E-state index contributed by atoms with van der Waals surface area (Å²) in [7, 11) is 0. The van der Waals surface area contributed by atoms with Gasteiger partial charge in [0.2, 0.25) is 0 Å². The number of carbonyl (C=O) groups is 1. The fourth-order valence-electron chi connectivity index (χ4n) is 3.45. The molecule has 0 fully saturated rings. The van der Waals surface area contributed by atoms with Crippen molar-refractivity contribution < 1.29 is 9.53 Å². The van der Waals surface area contributed by atoms with Gasteiger partial charge in [-0.2, -0.15) is 0 Å². The molecule has 0 amide bonds. The molecule has 1 aliphatic heterocycles. The standard InChI is InChI=1S/C23H19ClN2O3S/c1-3-29-22(28)19-14(2)25-23-26(20(19)16-7-5-4-6-8-16)21(27)18(30-23)13-15-9-11-17(24)12-10-15/h4-13,20H,3H2,1-2H3. The predicted octanol–water partition coefficient (Wildman–Crippen LogP) is 3.45. The van der Waals surface area contributed by atoms with Crippen molar-refractivity contribution in [2.45, 2.75) is 19.9 Å².